The number of anilines is 1. The molecule has 0 radical (unpaired) electrons. The quantitative estimate of drug-likeness (QED) is 0.206. The SMILES string of the molecule is CNC(=O)[C@H](Cc1ccccc1)N(Cc1ccc(Cl)c(Cl)c1)C(=O)CN(c1ccc(C)cc1)S(=O)(=O)c1ccc(OC)cc1. The molecule has 1 atom stereocenters. The molecule has 11 heteroatoms. The van der Waals surface area contributed by atoms with Crippen LogP contribution in [0.4, 0.5) is 5.69 Å². The van der Waals surface area contributed by atoms with Crippen LogP contribution in [-0.4, -0.2) is 51.9 Å². The molecule has 44 heavy (non-hydrogen) atoms. The number of methoxy groups -OCH3 is 1. The van der Waals surface area contributed by atoms with E-state index in [0.717, 1.165) is 15.4 Å². The van der Waals surface area contributed by atoms with Gasteiger partial charge in [0.05, 0.1) is 27.7 Å². The van der Waals surface area contributed by atoms with E-state index in [9.17, 15) is 18.0 Å². The summed E-state index contributed by atoms with van der Waals surface area (Å²) in [5, 5.41) is 3.30. The number of hydrogen-bond donors (Lipinski definition) is 1. The van der Waals surface area contributed by atoms with Crippen molar-refractivity contribution in [2.24, 2.45) is 0 Å². The number of likely N-dealkylation sites (N-methyl/N-ethyl adjacent to an activating group) is 1. The molecule has 0 heterocycles. The van der Waals surface area contributed by atoms with Gasteiger partial charge >= 0.3 is 0 Å². The van der Waals surface area contributed by atoms with E-state index in [1.165, 1.54) is 31.2 Å². The van der Waals surface area contributed by atoms with E-state index in [4.69, 9.17) is 27.9 Å². The third-order valence-electron chi connectivity index (χ3n) is 7.10. The Morgan fingerprint density at radius 3 is 2.11 bits per heavy atom. The highest BCUT2D eigenvalue weighted by Crippen LogP contribution is 2.28. The lowest BCUT2D eigenvalue weighted by molar-refractivity contribution is -0.139. The first-order chi connectivity index (χ1) is 21.0. The maximum absolute atomic E-state index is 14.3. The molecule has 1 N–H and O–H groups in total. The van der Waals surface area contributed by atoms with Gasteiger partial charge < -0.3 is 15.0 Å². The van der Waals surface area contributed by atoms with Crippen LogP contribution in [-0.2, 0) is 32.6 Å². The minimum Gasteiger partial charge on any atom is -0.497 e. The van der Waals surface area contributed by atoms with Gasteiger partial charge in [0.25, 0.3) is 10.0 Å². The monoisotopic (exact) mass is 653 g/mol. The number of rotatable bonds is 12. The van der Waals surface area contributed by atoms with Gasteiger partial charge in [-0.05, 0) is 66.6 Å². The Balaban J connectivity index is 1.79. The Labute approximate surface area is 268 Å². The Bertz CT molecular complexity index is 1700. The molecule has 0 saturated heterocycles. The van der Waals surface area contributed by atoms with Crippen molar-refractivity contribution in [3.8, 4) is 5.75 Å². The van der Waals surface area contributed by atoms with Crippen molar-refractivity contribution in [3.05, 3.63) is 124 Å². The van der Waals surface area contributed by atoms with Gasteiger partial charge in [-0.3, -0.25) is 13.9 Å². The van der Waals surface area contributed by atoms with Crippen molar-refractivity contribution in [1.82, 2.24) is 10.2 Å². The third kappa shape index (κ3) is 7.91. The molecule has 0 aliphatic rings. The Morgan fingerprint density at radius 2 is 1.52 bits per heavy atom. The second kappa shape index (κ2) is 14.6. The summed E-state index contributed by atoms with van der Waals surface area (Å²) in [6.07, 6.45) is 0.198. The van der Waals surface area contributed by atoms with Gasteiger partial charge in [-0.15, -0.1) is 0 Å². The average molecular weight is 655 g/mol. The molecule has 0 bridgehead atoms. The number of halogens is 2. The molecular formula is C33H33Cl2N3O5S. The van der Waals surface area contributed by atoms with Crippen LogP contribution in [0.2, 0.25) is 10.0 Å². The van der Waals surface area contributed by atoms with E-state index in [1.54, 1.807) is 54.6 Å². The third-order valence-corrected chi connectivity index (χ3v) is 9.63. The molecule has 2 amide bonds. The lowest BCUT2D eigenvalue weighted by Gasteiger charge is -2.33. The van der Waals surface area contributed by atoms with E-state index in [1.807, 2.05) is 37.3 Å². The van der Waals surface area contributed by atoms with Crippen molar-refractivity contribution >= 4 is 50.7 Å². The highest BCUT2D eigenvalue weighted by atomic mass is 35.5. The molecule has 0 saturated carbocycles. The fourth-order valence-corrected chi connectivity index (χ4v) is 6.40. The minimum absolute atomic E-state index is 0.0187. The summed E-state index contributed by atoms with van der Waals surface area (Å²) >= 11 is 12.4. The number of hydrogen-bond acceptors (Lipinski definition) is 5. The number of sulfonamides is 1. The van der Waals surface area contributed by atoms with E-state index < -0.39 is 34.4 Å². The summed E-state index contributed by atoms with van der Waals surface area (Å²) in [5.74, 6) is -0.496. The van der Waals surface area contributed by atoms with Crippen LogP contribution in [0, 0.1) is 6.92 Å². The van der Waals surface area contributed by atoms with Gasteiger partial charge in [-0.1, -0.05) is 77.3 Å². The van der Waals surface area contributed by atoms with Crippen LogP contribution in [0.1, 0.15) is 16.7 Å². The van der Waals surface area contributed by atoms with Gasteiger partial charge in [0.2, 0.25) is 11.8 Å². The van der Waals surface area contributed by atoms with Crippen LogP contribution in [0.25, 0.3) is 0 Å². The smallest absolute Gasteiger partial charge is 0.264 e. The number of aryl methyl sites for hydroxylation is 1. The van der Waals surface area contributed by atoms with Crippen molar-refractivity contribution in [2.75, 3.05) is 25.0 Å². The molecule has 4 rings (SSSR count). The van der Waals surface area contributed by atoms with Gasteiger partial charge in [-0.2, -0.15) is 0 Å². The first kappa shape index (κ1) is 32.9. The zero-order valence-electron chi connectivity index (χ0n) is 24.5. The van der Waals surface area contributed by atoms with Crippen molar-refractivity contribution in [3.63, 3.8) is 0 Å². The molecule has 0 fully saturated rings. The summed E-state index contributed by atoms with van der Waals surface area (Å²) in [7, 11) is -1.24. The number of benzene rings is 4. The molecule has 230 valence electrons. The first-order valence-corrected chi connectivity index (χ1v) is 16.0. The predicted molar refractivity (Wildman–Crippen MR) is 174 cm³/mol. The fraction of sp³-hybridized carbons (Fsp3) is 0.212. The Kier molecular flexibility index (Phi) is 10.9. The molecule has 0 aliphatic carbocycles. The summed E-state index contributed by atoms with van der Waals surface area (Å²) in [6.45, 7) is 1.29. The minimum atomic E-state index is -4.22. The lowest BCUT2D eigenvalue weighted by Crippen LogP contribution is -2.53. The maximum atomic E-state index is 14.3. The van der Waals surface area contributed by atoms with E-state index >= 15 is 0 Å². The fourth-order valence-electron chi connectivity index (χ4n) is 4.67. The van der Waals surface area contributed by atoms with Crippen LogP contribution in [0.15, 0.2) is 102 Å². The number of nitrogens with zero attached hydrogens (tertiary/aromatic N) is 2. The van der Waals surface area contributed by atoms with Gasteiger partial charge in [-0.25, -0.2) is 8.42 Å². The molecule has 4 aromatic carbocycles. The van der Waals surface area contributed by atoms with Crippen LogP contribution in [0.3, 0.4) is 0 Å². The summed E-state index contributed by atoms with van der Waals surface area (Å²) in [6, 6.07) is 26.0. The second-order valence-corrected chi connectivity index (χ2v) is 12.8. The van der Waals surface area contributed by atoms with Crippen LogP contribution < -0.4 is 14.4 Å². The predicted octanol–water partition coefficient (Wildman–Crippen LogP) is 5.89. The van der Waals surface area contributed by atoms with E-state index in [2.05, 4.69) is 5.32 Å². The number of carbonyl (C=O) groups excluding carboxylic acids is 2. The highest BCUT2D eigenvalue weighted by Gasteiger charge is 2.34. The van der Waals surface area contributed by atoms with Crippen LogP contribution >= 0.6 is 23.2 Å². The zero-order chi connectivity index (χ0) is 31.9. The molecular weight excluding hydrogens is 621 g/mol. The number of amides is 2. The molecule has 4 aromatic rings. The van der Waals surface area contributed by atoms with E-state index in [-0.39, 0.29) is 17.9 Å². The lowest BCUT2D eigenvalue weighted by atomic mass is 10.0. The van der Waals surface area contributed by atoms with Gasteiger partial charge in [0.1, 0.15) is 18.3 Å². The Morgan fingerprint density at radius 1 is 0.864 bits per heavy atom. The molecule has 0 unspecified atom stereocenters. The molecule has 0 spiro atoms. The standard InChI is InChI=1S/C33H33Cl2N3O5S/c1-23-9-12-26(13-10-23)38(44(41,42)28-16-14-27(43-3)15-17-28)22-32(39)37(21-25-11-18-29(34)30(35)19-25)31(33(40)36-2)20-24-7-5-4-6-8-24/h4-19,31H,20-22H2,1-3H3,(H,36,40)/t31-/m0/s1. The highest BCUT2D eigenvalue weighted by molar-refractivity contribution is 7.92. The second-order valence-electron chi connectivity index (χ2n) is 10.1. The largest absolute Gasteiger partial charge is 0.497 e. The molecule has 0 aliphatic heterocycles. The number of carbonyl (C=O) groups is 2. The maximum Gasteiger partial charge on any atom is 0.264 e. The summed E-state index contributed by atoms with van der Waals surface area (Å²) in [5.41, 5.74) is 2.67. The number of nitrogens with one attached hydrogen (secondary N) is 1. The first-order valence-electron chi connectivity index (χ1n) is 13.8. The molecule has 8 nitrogen and oxygen atoms in total. The van der Waals surface area contributed by atoms with Crippen molar-refractivity contribution < 1.29 is 22.7 Å². The summed E-state index contributed by atoms with van der Waals surface area (Å²) in [4.78, 5) is 29.1. The normalized spacial score (nSPS) is 11.8. The van der Waals surface area contributed by atoms with Crippen molar-refractivity contribution in [1.29, 1.82) is 0 Å². The average Bonchev–Trinajstić information content (AvgIpc) is 3.03. The van der Waals surface area contributed by atoms with Crippen LogP contribution in [0.5, 0.6) is 5.75 Å². The molecule has 0 aromatic heterocycles. The topological polar surface area (TPSA) is 96.0 Å². The van der Waals surface area contributed by atoms with Crippen molar-refractivity contribution in [2.45, 2.75) is 30.8 Å². The van der Waals surface area contributed by atoms with Gasteiger partial charge in [0, 0.05) is 20.0 Å². The zero-order valence-corrected chi connectivity index (χ0v) is 26.9. The van der Waals surface area contributed by atoms with E-state index in [0.29, 0.717) is 27.0 Å². The Hall–Kier alpha value is -4.05. The number of ether oxygens (including phenoxy) is 1. The summed E-state index contributed by atoms with van der Waals surface area (Å²) < 4.78 is 34.4. The van der Waals surface area contributed by atoms with Gasteiger partial charge in [0.15, 0.2) is 0 Å².